The van der Waals surface area contributed by atoms with Crippen LogP contribution >= 0.6 is 0 Å². The van der Waals surface area contributed by atoms with Crippen LogP contribution in [0.1, 0.15) is 5.56 Å². The number of nitrogens with two attached hydrogens (primary N) is 1. The SMILES string of the molecule is Cc1cc(-n2cc(-c3ccccc3)cn2)ncc1N. The van der Waals surface area contributed by atoms with Gasteiger partial charge in [0.05, 0.1) is 18.1 Å². The molecule has 0 saturated carbocycles. The molecule has 0 saturated heterocycles. The molecule has 0 amide bonds. The summed E-state index contributed by atoms with van der Waals surface area (Å²) in [6.45, 7) is 1.96. The molecular weight excluding hydrogens is 236 g/mol. The van der Waals surface area contributed by atoms with Crippen molar-refractivity contribution in [2.75, 3.05) is 5.73 Å². The average Bonchev–Trinajstić information content (AvgIpc) is 2.93. The van der Waals surface area contributed by atoms with E-state index in [1.165, 1.54) is 0 Å². The zero-order valence-corrected chi connectivity index (χ0v) is 10.6. The van der Waals surface area contributed by atoms with Gasteiger partial charge in [0.1, 0.15) is 0 Å². The lowest BCUT2D eigenvalue weighted by molar-refractivity contribution is 0.846. The van der Waals surface area contributed by atoms with Gasteiger partial charge < -0.3 is 5.73 Å². The summed E-state index contributed by atoms with van der Waals surface area (Å²) in [4.78, 5) is 4.29. The Bertz CT molecular complexity index is 701. The van der Waals surface area contributed by atoms with Gasteiger partial charge in [-0.15, -0.1) is 0 Å². The standard InChI is InChI=1S/C15H14N4/c1-11-7-15(17-9-14(11)16)19-10-13(8-18-19)12-5-3-2-4-6-12/h2-10H,16H2,1H3. The second-order valence-electron chi connectivity index (χ2n) is 4.44. The van der Waals surface area contributed by atoms with E-state index in [9.17, 15) is 0 Å². The smallest absolute Gasteiger partial charge is 0.153 e. The number of nitrogens with zero attached hydrogens (tertiary/aromatic N) is 3. The van der Waals surface area contributed by atoms with Gasteiger partial charge in [0.2, 0.25) is 0 Å². The number of anilines is 1. The van der Waals surface area contributed by atoms with E-state index in [2.05, 4.69) is 22.2 Å². The lowest BCUT2D eigenvalue weighted by Gasteiger charge is -2.03. The maximum atomic E-state index is 5.77. The fourth-order valence-electron chi connectivity index (χ4n) is 1.90. The highest BCUT2D eigenvalue weighted by molar-refractivity contribution is 5.62. The van der Waals surface area contributed by atoms with Crippen LogP contribution < -0.4 is 5.73 Å². The minimum atomic E-state index is 0.694. The molecule has 4 heteroatoms. The second-order valence-corrected chi connectivity index (χ2v) is 4.44. The van der Waals surface area contributed by atoms with Crippen LogP contribution in [0.4, 0.5) is 5.69 Å². The molecule has 0 aliphatic rings. The molecule has 0 bridgehead atoms. The summed E-state index contributed by atoms with van der Waals surface area (Å²) in [5.41, 5.74) is 9.67. The second kappa shape index (κ2) is 4.57. The van der Waals surface area contributed by atoms with Crippen molar-refractivity contribution in [1.29, 1.82) is 0 Å². The molecule has 2 aromatic heterocycles. The third kappa shape index (κ3) is 2.20. The van der Waals surface area contributed by atoms with Crippen LogP contribution in [0, 0.1) is 6.92 Å². The molecule has 2 N–H and O–H groups in total. The number of hydrogen-bond acceptors (Lipinski definition) is 3. The van der Waals surface area contributed by atoms with E-state index in [4.69, 9.17) is 5.73 Å². The molecule has 1 aromatic carbocycles. The first-order valence-electron chi connectivity index (χ1n) is 6.06. The van der Waals surface area contributed by atoms with Crippen LogP contribution in [0.2, 0.25) is 0 Å². The van der Waals surface area contributed by atoms with Crippen molar-refractivity contribution in [1.82, 2.24) is 14.8 Å². The third-order valence-electron chi connectivity index (χ3n) is 3.06. The Kier molecular flexibility index (Phi) is 2.76. The van der Waals surface area contributed by atoms with Crippen LogP contribution in [-0.4, -0.2) is 14.8 Å². The summed E-state index contributed by atoms with van der Waals surface area (Å²) >= 11 is 0. The number of pyridine rings is 1. The summed E-state index contributed by atoms with van der Waals surface area (Å²) in [6.07, 6.45) is 5.46. The molecular formula is C15H14N4. The van der Waals surface area contributed by atoms with E-state index in [0.29, 0.717) is 5.69 Å². The Morgan fingerprint density at radius 1 is 1.05 bits per heavy atom. The van der Waals surface area contributed by atoms with E-state index in [1.54, 1.807) is 10.9 Å². The van der Waals surface area contributed by atoms with E-state index >= 15 is 0 Å². The van der Waals surface area contributed by atoms with Crippen molar-refractivity contribution < 1.29 is 0 Å². The topological polar surface area (TPSA) is 56.7 Å². The molecule has 3 aromatic rings. The monoisotopic (exact) mass is 250 g/mol. The van der Waals surface area contributed by atoms with Gasteiger partial charge in [0.15, 0.2) is 5.82 Å². The zero-order chi connectivity index (χ0) is 13.2. The summed E-state index contributed by atoms with van der Waals surface area (Å²) in [6, 6.07) is 12.1. The third-order valence-corrected chi connectivity index (χ3v) is 3.06. The molecule has 0 fully saturated rings. The molecule has 0 aliphatic heterocycles. The Morgan fingerprint density at radius 2 is 1.84 bits per heavy atom. The lowest BCUT2D eigenvalue weighted by atomic mass is 10.1. The van der Waals surface area contributed by atoms with E-state index < -0.39 is 0 Å². The van der Waals surface area contributed by atoms with Crippen LogP contribution in [0.15, 0.2) is 55.0 Å². The zero-order valence-electron chi connectivity index (χ0n) is 10.6. The van der Waals surface area contributed by atoms with Gasteiger partial charge in [-0.2, -0.15) is 5.10 Å². The van der Waals surface area contributed by atoms with Crippen molar-refractivity contribution in [3.63, 3.8) is 0 Å². The van der Waals surface area contributed by atoms with E-state index in [-0.39, 0.29) is 0 Å². The van der Waals surface area contributed by atoms with Gasteiger partial charge in [0, 0.05) is 11.8 Å². The largest absolute Gasteiger partial charge is 0.397 e. The van der Waals surface area contributed by atoms with Gasteiger partial charge in [-0.1, -0.05) is 30.3 Å². The van der Waals surface area contributed by atoms with Crippen LogP contribution in [0.5, 0.6) is 0 Å². The highest BCUT2D eigenvalue weighted by Crippen LogP contribution is 2.20. The molecule has 0 spiro atoms. The van der Waals surface area contributed by atoms with Crippen molar-refractivity contribution in [2.24, 2.45) is 0 Å². The van der Waals surface area contributed by atoms with Crippen LogP contribution in [-0.2, 0) is 0 Å². The molecule has 0 aliphatic carbocycles. The summed E-state index contributed by atoms with van der Waals surface area (Å²) in [5, 5.41) is 4.35. The molecule has 19 heavy (non-hydrogen) atoms. The predicted octanol–water partition coefficient (Wildman–Crippen LogP) is 2.82. The maximum Gasteiger partial charge on any atom is 0.153 e. The van der Waals surface area contributed by atoms with Gasteiger partial charge in [-0.3, -0.25) is 0 Å². The number of benzene rings is 1. The number of hydrogen-bond donors (Lipinski definition) is 1. The first-order chi connectivity index (χ1) is 9.24. The van der Waals surface area contributed by atoms with Gasteiger partial charge in [-0.25, -0.2) is 9.67 Å². The van der Waals surface area contributed by atoms with Gasteiger partial charge in [-0.05, 0) is 24.1 Å². The summed E-state index contributed by atoms with van der Waals surface area (Å²) < 4.78 is 1.76. The predicted molar refractivity (Wildman–Crippen MR) is 75.9 cm³/mol. The Hall–Kier alpha value is -2.62. The van der Waals surface area contributed by atoms with Crippen LogP contribution in [0.25, 0.3) is 16.9 Å². The van der Waals surface area contributed by atoms with Gasteiger partial charge in [0.25, 0.3) is 0 Å². The maximum absolute atomic E-state index is 5.77. The van der Waals surface area contributed by atoms with Crippen molar-refractivity contribution in [3.8, 4) is 16.9 Å². The molecule has 94 valence electrons. The fourth-order valence-corrected chi connectivity index (χ4v) is 1.90. The minimum Gasteiger partial charge on any atom is -0.397 e. The Labute approximate surface area is 111 Å². The van der Waals surface area contributed by atoms with Crippen molar-refractivity contribution in [2.45, 2.75) is 6.92 Å². The lowest BCUT2D eigenvalue weighted by Crippen LogP contribution is -2.00. The summed E-state index contributed by atoms with van der Waals surface area (Å²) in [5.74, 6) is 0.772. The average molecular weight is 250 g/mol. The fraction of sp³-hybridized carbons (Fsp3) is 0.0667. The summed E-state index contributed by atoms with van der Waals surface area (Å²) in [7, 11) is 0. The first-order valence-corrected chi connectivity index (χ1v) is 6.06. The Balaban J connectivity index is 1.99. The molecule has 0 radical (unpaired) electrons. The highest BCUT2D eigenvalue weighted by atomic mass is 15.3. The molecule has 2 heterocycles. The van der Waals surface area contributed by atoms with Crippen molar-refractivity contribution in [3.05, 3.63) is 60.6 Å². The number of aromatic nitrogens is 3. The van der Waals surface area contributed by atoms with Crippen molar-refractivity contribution >= 4 is 5.69 Å². The molecule has 4 nitrogen and oxygen atoms in total. The van der Waals surface area contributed by atoms with Crippen LogP contribution in [0.3, 0.4) is 0 Å². The van der Waals surface area contributed by atoms with E-state index in [0.717, 1.165) is 22.5 Å². The molecule has 3 rings (SSSR count). The molecule has 0 unspecified atom stereocenters. The van der Waals surface area contributed by atoms with E-state index in [1.807, 2.05) is 43.6 Å². The first kappa shape index (κ1) is 11.5. The van der Waals surface area contributed by atoms with Gasteiger partial charge >= 0.3 is 0 Å². The molecule has 0 atom stereocenters. The minimum absolute atomic E-state index is 0.694. The number of nitrogen functional groups attached to an aromatic ring is 1. The normalized spacial score (nSPS) is 10.6. The Morgan fingerprint density at radius 3 is 2.58 bits per heavy atom. The highest BCUT2D eigenvalue weighted by Gasteiger charge is 2.05. The number of aryl methyl sites for hydroxylation is 1. The quantitative estimate of drug-likeness (QED) is 0.760. The number of rotatable bonds is 2.